The maximum atomic E-state index is 13.2. The predicted octanol–water partition coefficient (Wildman–Crippen LogP) is 1.69. The first-order chi connectivity index (χ1) is 10.1. The van der Waals surface area contributed by atoms with Gasteiger partial charge in [0.05, 0.1) is 6.54 Å². The van der Waals surface area contributed by atoms with Gasteiger partial charge in [-0.25, -0.2) is 8.78 Å². The Morgan fingerprint density at radius 2 is 1.95 bits per heavy atom. The van der Waals surface area contributed by atoms with Crippen LogP contribution < -0.4 is 10.6 Å². The molecule has 1 aromatic carbocycles. The number of likely N-dealkylation sites (N-methyl/N-ethyl adjacent to an activating group) is 1. The molecule has 1 heterocycles. The van der Waals surface area contributed by atoms with Crippen LogP contribution in [0.15, 0.2) is 18.2 Å². The zero-order chi connectivity index (χ0) is 15.2. The highest BCUT2D eigenvalue weighted by molar-refractivity contribution is 5.85. The number of likely N-dealkylation sites (tertiary alicyclic amines) is 1. The number of rotatable bonds is 5. The fraction of sp³-hybridized carbons (Fsp3) is 0.533. The molecule has 4 nitrogen and oxygen atoms in total. The maximum absolute atomic E-state index is 13.2. The summed E-state index contributed by atoms with van der Waals surface area (Å²) in [6, 6.07) is 4.22. The third-order valence-corrected chi connectivity index (χ3v) is 3.68. The molecule has 2 rings (SSSR count). The molecule has 1 aromatic rings. The summed E-state index contributed by atoms with van der Waals surface area (Å²) < 4.78 is 26.0. The lowest BCUT2D eigenvalue weighted by atomic mass is 10.0. The average molecular weight is 334 g/mol. The summed E-state index contributed by atoms with van der Waals surface area (Å²) in [5, 5.41) is 5.80. The summed E-state index contributed by atoms with van der Waals surface area (Å²) >= 11 is 0. The van der Waals surface area contributed by atoms with E-state index in [2.05, 4.69) is 15.5 Å². The van der Waals surface area contributed by atoms with Gasteiger partial charge in [0.2, 0.25) is 5.91 Å². The lowest BCUT2D eigenvalue weighted by Crippen LogP contribution is -2.46. The Hall–Kier alpha value is -1.24. The summed E-state index contributed by atoms with van der Waals surface area (Å²) in [5.74, 6) is -1.61. The number of halogens is 3. The third kappa shape index (κ3) is 5.51. The van der Waals surface area contributed by atoms with Gasteiger partial charge in [-0.1, -0.05) is 6.07 Å². The van der Waals surface area contributed by atoms with Crippen LogP contribution in [0.1, 0.15) is 18.4 Å². The van der Waals surface area contributed by atoms with Gasteiger partial charge in [-0.15, -0.1) is 12.4 Å². The molecular weight excluding hydrogens is 312 g/mol. The van der Waals surface area contributed by atoms with E-state index in [0.29, 0.717) is 13.1 Å². The number of hydrogen-bond donors (Lipinski definition) is 2. The minimum absolute atomic E-state index is 0. The first-order valence-electron chi connectivity index (χ1n) is 7.18. The van der Waals surface area contributed by atoms with Crippen LogP contribution in [-0.4, -0.2) is 43.5 Å². The van der Waals surface area contributed by atoms with E-state index in [0.717, 1.165) is 37.6 Å². The number of amides is 1. The molecule has 0 saturated carbocycles. The Bertz CT molecular complexity index is 494. The second-order valence-electron chi connectivity index (χ2n) is 5.40. The van der Waals surface area contributed by atoms with Crippen LogP contribution in [0.3, 0.4) is 0 Å². The van der Waals surface area contributed by atoms with Crippen LogP contribution in [0.2, 0.25) is 0 Å². The minimum atomic E-state index is -0.815. The topological polar surface area (TPSA) is 44.4 Å². The molecule has 1 aliphatic heterocycles. The van der Waals surface area contributed by atoms with Crippen molar-refractivity contribution >= 4 is 18.3 Å². The Balaban J connectivity index is 0.00000242. The first kappa shape index (κ1) is 18.8. The number of nitrogens with one attached hydrogen (secondary N) is 2. The van der Waals surface area contributed by atoms with Gasteiger partial charge in [-0.3, -0.25) is 9.69 Å². The van der Waals surface area contributed by atoms with E-state index < -0.39 is 11.6 Å². The van der Waals surface area contributed by atoms with Gasteiger partial charge < -0.3 is 10.6 Å². The summed E-state index contributed by atoms with van der Waals surface area (Å²) in [5.41, 5.74) is 0.770. The predicted molar refractivity (Wildman–Crippen MR) is 84.0 cm³/mol. The minimum Gasteiger partial charge on any atom is -0.352 e. The van der Waals surface area contributed by atoms with Gasteiger partial charge in [0.1, 0.15) is 0 Å². The lowest BCUT2D eigenvalue weighted by Gasteiger charge is -2.32. The van der Waals surface area contributed by atoms with Crippen LogP contribution in [0.5, 0.6) is 0 Å². The van der Waals surface area contributed by atoms with Crippen LogP contribution in [0.4, 0.5) is 8.78 Å². The molecule has 0 radical (unpaired) electrons. The summed E-state index contributed by atoms with van der Waals surface area (Å²) in [7, 11) is 1.74. The second-order valence-corrected chi connectivity index (χ2v) is 5.40. The van der Waals surface area contributed by atoms with Gasteiger partial charge in [-0.05, 0) is 37.6 Å². The molecule has 0 aliphatic carbocycles. The van der Waals surface area contributed by atoms with Gasteiger partial charge in [0.15, 0.2) is 11.6 Å². The van der Waals surface area contributed by atoms with Crippen molar-refractivity contribution in [2.75, 3.05) is 26.7 Å². The summed E-state index contributed by atoms with van der Waals surface area (Å²) in [4.78, 5) is 13.7. The number of nitrogens with zero attached hydrogens (tertiary/aromatic N) is 1. The fourth-order valence-corrected chi connectivity index (χ4v) is 2.57. The Morgan fingerprint density at radius 1 is 1.27 bits per heavy atom. The molecule has 22 heavy (non-hydrogen) atoms. The average Bonchev–Trinajstić information content (AvgIpc) is 2.45. The molecule has 1 saturated heterocycles. The highest BCUT2D eigenvalue weighted by atomic mass is 35.5. The van der Waals surface area contributed by atoms with Crippen molar-refractivity contribution in [3.63, 3.8) is 0 Å². The molecular formula is C15H22ClF2N3O. The Morgan fingerprint density at radius 3 is 2.55 bits per heavy atom. The molecule has 1 fully saturated rings. The van der Waals surface area contributed by atoms with E-state index in [1.54, 1.807) is 13.1 Å². The second kappa shape index (κ2) is 9.02. The Kier molecular flexibility index (Phi) is 7.72. The van der Waals surface area contributed by atoms with Crippen molar-refractivity contribution < 1.29 is 13.6 Å². The quantitative estimate of drug-likeness (QED) is 0.862. The molecule has 0 bridgehead atoms. The van der Waals surface area contributed by atoms with Crippen LogP contribution >= 0.6 is 12.4 Å². The van der Waals surface area contributed by atoms with Crippen LogP contribution in [-0.2, 0) is 11.3 Å². The Labute approximate surface area is 135 Å². The third-order valence-electron chi connectivity index (χ3n) is 3.68. The van der Waals surface area contributed by atoms with Crippen LogP contribution in [0.25, 0.3) is 0 Å². The number of carbonyl (C=O) groups excluding carboxylic acids is 1. The number of piperidine rings is 1. The maximum Gasteiger partial charge on any atom is 0.234 e. The van der Waals surface area contributed by atoms with E-state index in [-0.39, 0.29) is 24.4 Å². The molecule has 1 amide bonds. The highest BCUT2D eigenvalue weighted by Crippen LogP contribution is 2.15. The van der Waals surface area contributed by atoms with Crippen molar-refractivity contribution in [2.24, 2.45) is 0 Å². The van der Waals surface area contributed by atoms with Gasteiger partial charge in [0, 0.05) is 25.7 Å². The van der Waals surface area contributed by atoms with Crippen molar-refractivity contribution in [1.29, 1.82) is 0 Å². The van der Waals surface area contributed by atoms with Gasteiger partial charge in [-0.2, -0.15) is 0 Å². The highest BCUT2D eigenvalue weighted by Gasteiger charge is 2.20. The normalized spacial score (nSPS) is 16.1. The van der Waals surface area contributed by atoms with Crippen LogP contribution in [0, 0.1) is 11.6 Å². The van der Waals surface area contributed by atoms with Crippen molar-refractivity contribution in [2.45, 2.75) is 25.4 Å². The van der Waals surface area contributed by atoms with E-state index in [4.69, 9.17) is 0 Å². The molecule has 0 aromatic heterocycles. The standard InChI is InChI=1S/C15H21F2N3O.ClH/c1-18-9-15(21)19-12-4-6-20(7-5-12)10-11-2-3-13(16)14(17)8-11;/h2-3,8,12,18H,4-7,9-10H2,1H3,(H,19,21);1H. The number of carbonyl (C=O) groups is 1. The van der Waals surface area contributed by atoms with E-state index in [9.17, 15) is 13.6 Å². The smallest absolute Gasteiger partial charge is 0.234 e. The molecule has 7 heteroatoms. The lowest BCUT2D eigenvalue weighted by molar-refractivity contribution is -0.121. The zero-order valence-electron chi connectivity index (χ0n) is 12.6. The molecule has 0 atom stereocenters. The first-order valence-corrected chi connectivity index (χ1v) is 7.18. The molecule has 1 aliphatic rings. The van der Waals surface area contributed by atoms with Crippen molar-refractivity contribution in [1.82, 2.24) is 15.5 Å². The molecule has 0 unspecified atom stereocenters. The van der Waals surface area contributed by atoms with Gasteiger partial charge >= 0.3 is 0 Å². The summed E-state index contributed by atoms with van der Waals surface area (Å²) in [6.07, 6.45) is 1.75. The number of benzene rings is 1. The molecule has 0 spiro atoms. The van der Waals surface area contributed by atoms with Crippen molar-refractivity contribution in [3.8, 4) is 0 Å². The molecule has 124 valence electrons. The zero-order valence-corrected chi connectivity index (χ0v) is 13.4. The number of hydrogen-bond acceptors (Lipinski definition) is 3. The van der Waals surface area contributed by atoms with Gasteiger partial charge in [0.25, 0.3) is 0 Å². The van der Waals surface area contributed by atoms with Crippen molar-refractivity contribution in [3.05, 3.63) is 35.4 Å². The fourth-order valence-electron chi connectivity index (χ4n) is 2.57. The summed E-state index contributed by atoms with van der Waals surface area (Å²) in [6.45, 7) is 2.61. The monoisotopic (exact) mass is 333 g/mol. The largest absolute Gasteiger partial charge is 0.352 e. The molecule has 2 N–H and O–H groups in total. The SMILES string of the molecule is CNCC(=O)NC1CCN(Cc2ccc(F)c(F)c2)CC1.Cl. The van der Waals surface area contributed by atoms with E-state index in [1.807, 2.05) is 0 Å². The van der Waals surface area contributed by atoms with E-state index in [1.165, 1.54) is 6.07 Å². The van der Waals surface area contributed by atoms with E-state index >= 15 is 0 Å².